The minimum absolute atomic E-state index is 0.0206. The molecular weight excluding hydrogens is 515 g/mol. The first kappa shape index (κ1) is 25.3. The third-order valence-electron chi connectivity index (χ3n) is 6.76. The van der Waals surface area contributed by atoms with Gasteiger partial charge in [0.1, 0.15) is 23.6 Å². The highest BCUT2D eigenvalue weighted by Crippen LogP contribution is 2.41. The van der Waals surface area contributed by atoms with E-state index in [1.165, 1.54) is 15.5 Å². The maximum absolute atomic E-state index is 16.0. The normalized spacial score (nSPS) is 19.7. The molecule has 0 spiro atoms. The van der Waals surface area contributed by atoms with Crippen molar-refractivity contribution in [1.82, 2.24) is 9.47 Å². The summed E-state index contributed by atoms with van der Waals surface area (Å²) in [5.74, 6) is -1.08. The van der Waals surface area contributed by atoms with Gasteiger partial charge in [-0.3, -0.25) is 4.79 Å². The molecule has 1 unspecified atom stereocenters. The minimum Gasteiger partial charge on any atom is -0.444 e. The Labute approximate surface area is 235 Å². The van der Waals surface area contributed by atoms with Crippen LogP contribution in [0.3, 0.4) is 0 Å². The summed E-state index contributed by atoms with van der Waals surface area (Å²) in [6, 6.07) is 8.53. The molecule has 1 amide bonds. The number of hydrogen-bond donors (Lipinski definition) is 0. The number of Topliss-reactive ketones (excluding diaryl/α,β-unsaturated/α-hetero) is 1. The van der Waals surface area contributed by atoms with E-state index in [1.54, 1.807) is 71.9 Å². The van der Waals surface area contributed by atoms with E-state index in [4.69, 9.17) is 17.0 Å². The van der Waals surface area contributed by atoms with Crippen LogP contribution in [0.4, 0.5) is 14.0 Å². The predicted molar refractivity (Wildman–Crippen MR) is 148 cm³/mol. The second-order valence-corrected chi connectivity index (χ2v) is 12.1. The number of nitrogens with zero attached hydrogens (tertiary/aromatic N) is 2. The molecule has 0 radical (unpaired) electrons. The zero-order valence-corrected chi connectivity index (χ0v) is 23.6. The van der Waals surface area contributed by atoms with E-state index in [9.17, 15) is 14.4 Å². The van der Waals surface area contributed by atoms with Gasteiger partial charge in [0, 0.05) is 34.2 Å². The lowest BCUT2D eigenvalue weighted by Gasteiger charge is -2.29. The molecule has 1 saturated heterocycles. The summed E-state index contributed by atoms with van der Waals surface area (Å²) in [5.41, 5.74) is -0.738. The first-order chi connectivity index (χ1) is 19.5. The molecule has 3 heterocycles. The lowest BCUT2D eigenvalue weighted by Crippen LogP contribution is -2.36. The highest BCUT2D eigenvalue weighted by Gasteiger charge is 2.36. The Morgan fingerprint density at radius 1 is 1.05 bits per heavy atom. The molecule has 5 rings (SSSR count). The fourth-order valence-corrected chi connectivity index (χ4v) is 5.27. The van der Waals surface area contributed by atoms with Crippen molar-refractivity contribution < 1.29 is 35.7 Å². The molecule has 0 saturated carbocycles. The van der Waals surface area contributed by atoms with E-state index in [0.29, 0.717) is 19.4 Å². The monoisotopic (exact) mass is 552 g/mol. The molecule has 0 N–H and O–H groups in total. The predicted octanol–water partition coefficient (Wildman–Crippen LogP) is 7.02. The van der Waals surface area contributed by atoms with Crippen molar-refractivity contribution in [2.24, 2.45) is 0 Å². The molecule has 0 bridgehead atoms. The number of ether oxygens (including phenoxy) is 3. The number of hydrogen-bond acceptors (Lipinski definition) is 6. The molecule has 1 fully saturated rings. The van der Waals surface area contributed by atoms with E-state index < -0.39 is 54.2 Å². The Kier molecular flexibility index (Phi) is 6.34. The molecule has 1 aromatic heterocycles. The molecule has 212 valence electrons. The molecule has 8 nitrogen and oxygen atoms in total. The number of ketones is 1. The summed E-state index contributed by atoms with van der Waals surface area (Å²) in [5, 5.41) is 0.210. The van der Waals surface area contributed by atoms with Gasteiger partial charge in [0.05, 0.1) is 26.6 Å². The first-order valence-corrected chi connectivity index (χ1v) is 13.4. The van der Waals surface area contributed by atoms with Gasteiger partial charge in [-0.25, -0.2) is 18.5 Å². The van der Waals surface area contributed by atoms with E-state index in [0.717, 1.165) is 0 Å². The SMILES string of the molecule is [2H]C1([2H])OCC(=O)c2cccc3c2c1c(-c1ccc(C2CCCN2C(=O)OC(C)(C)C)c(F)c1)n3C(=O)OC(C)(C)C. The quantitative estimate of drug-likeness (QED) is 0.340. The van der Waals surface area contributed by atoms with Crippen LogP contribution in [0.5, 0.6) is 0 Å². The summed E-state index contributed by atoms with van der Waals surface area (Å²) in [7, 11) is 0. The van der Waals surface area contributed by atoms with Gasteiger partial charge >= 0.3 is 12.2 Å². The number of halogens is 1. The zero-order valence-electron chi connectivity index (χ0n) is 25.6. The van der Waals surface area contributed by atoms with Gasteiger partial charge in [-0.05, 0) is 66.5 Å². The third kappa shape index (κ3) is 5.22. The van der Waals surface area contributed by atoms with Gasteiger partial charge in [0.25, 0.3) is 0 Å². The Balaban J connectivity index is 1.70. The van der Waals surface area contributed by atoms with Gasteiger partial charge in [0.15, 0.2) is 5.78 Å². The maximum Gasteiger partial charge on any atom is 0.419 e. The minimum atomic E-state index is -2.49. The number of carbonyl (C=O) groups excluding carboxylic acids is 3. The van der Waals surface area contributed by atoms with Crippen LogP contribution in [0.15, 0.2) is 36.4 Å². The molecule has 3 aromatic rings. The number of likely N-dealkylation sites (tertiary alicyclic amines) is 1. The Morgan fingerprint density at radius 2 is 1.75 bits per heavy atom. The Morgan fingerprint density at radius 3 is 2.42 bits per heavy atom. The summed E-state index contributed by atoms with van der Waals surface area (Å²) in [6.45, 7) is 7.84. The molecule has 2 aliphatic rings. The highest BCUT2D eigenvalue weighted by molar-refractivity contribution is 6.13. The number of amides is 1. The molecule has 2 aliphatic heterocycles. The fraction of sp³-hybridized carbons (Fsp3) is 0.452. The van der Waals surface area contributed by atoms with Gasteiger partial charge < -0.3 is 19.1 Å². The van der Waals surface area contributed by atoms with Crippen molar-refractivity contribution in [2.45, 2.75) is 78.2 Å². The van der Waals surface area contributed by atoms with Crippen LogP contribution in [0.1, 0.15) is 84.7 Å². The van der Waals surface area contributed by atoms with Crippen LogP contribution >= 0.6 is 0 Å². The average Bonchev–Trinajstić information content (AvgIpc) is 3.46. The lowest BCUT2D eigenvalue weighted by atomic mass is 9.98. The van der Waals surface area contributed by atoms with E-state index in [-0.39, 0.29) is 38.9 Å². The van der Waals surface area contributed by atoms with Gasteiger partial charge in [-0.15, -0.1) is 0 Å². The lowest BCUT2D eigenvalue weighted by molar-refractivity contribution is 0.0222. The molecule has 9 heteroatoms. The van der Waals surface area contributed by atoms with Crippen LogP contribution in [0, 0.1) is 5.82 Å². The van der Waals surface area contributed by atoms with Gasteiger partial charge in [-0.2, -0.15) is 0 Å². The first-order valence-electron chi connectivity index (χ1n) is 14.4. The summed E-state index contributed by atoms with van der Waals surface area (Å²) >= 11 is 0. The number of benzene rings is 2. The summed E-state index contributed by atoms with van der Waals surface area (Å²) in [6.07, 6.45) is -0.120. The average molecular weight is 553 g/mol. The Bertz CT molecular complexity index is 1600. The standard InChI is InChI=1S/C31H35FN2O6/c1-30(2,3)39-28(36)33-14-8-11-23(33)19-13-12-18(15-22(19)32)27-21-16-38-17-25(35)20-9-7-10-24(26(20)21)34(27)29(37)40-31(4,5)6/h7,9-10,12-13,15,23H,8,11,14,16-17H2,1-6H3/i16D2. The fourth-order valence-electron chi connectivity index (χ4n) is 5.27. The van der Waals surface area contributed by atoms with Gasteiger partial charge in [-0.1, -0.05) is 24.3 Å². The van der Waals surface area contributed by atoms with Crippen molar-refractivity contribution >= 4 is 28.9 Å². The number of carbonyl (C=O) groups is 3. The summed E-state index contributed by atoms with van der Waals surface area (Å²) < 4.78 is 51.3. The number of aromatic nitrogens is 1. The van der Waals surface area contributed by atoms with Crippen molar-refractivity contribution in [1.29, 1.82) is 0 Å². The Hall–Kier alpha value is -3.72. The number of rotatable bonds is 2. The molecule has 1 atom stereocenters. The van der Waals surface area contributed by atoms with Gasteiger partial charge in [0.2, 0.25) is 0 Å². The van der Waals surface area contributed by atoms with Crippen LogP contribution in [0.25, 0.3) is 22.2 Å². The smallest absolute Gasteiger partial charge is 0.419 e. The van der Waals surface area contributed by atoms with E-state index in [2.05, 4.69) is 0 Å². The second kappa shape index (κ2) is 10.0. The van der Waals surface area contributed by atoms with Crippen molar-refractivity contribution in [3.63, 3.8) is 0 Å². The van der Waals surface area contributed by atoms with Crippen LogP contribution in [0.2, 0.25) is 0 Å². The highest BCUT2D eigenvalue weighted by atomic mass is 19.1. The second-order valence-electron chi connectivity index (χ2n) is 12.1. The van der Waals surface area contributed by atoms with E-state index >= 15 is 4.39 Å². The van der Waals surface area contributed by atoms with Crippen molar-refractivity contribution in [3.05, 3.63) is 58.9 Å². The molecule has 2 aromatic carbocycles. The van der Waals surface area contributed by atoms with Crippen molar-refractivity contribution in [2.75, 3.05) is 13.2 Å². The maximum atomic E-state index is 16.0. The molecule has 0 aliphatic carbocycles. The van der Waals surface area contributed by atoms with Crippen LogP contribution < -0.4 is 0 Å². The third-order valence-corrected chi connectivity index (χ3v) is 6.76. The molecular formula is C31H35FN2O6. The van der Waals surface area contributed by atoms with Crippen LogP contribution in [-0.2, 0) is 20.8 Å². The van der Waals surface area contributed by atoms with E-state index in [1.807, 2.05) is 0 Å². The van der Waals surface area contributed by atoms with Crippen molar-refractivity contribution in [3.8, 4) is 11.3 Å². The van der Waals surface area contributed by atoms with Crippen LogP contribution in [-0.4, -0.2) is 51.8 Å². The topological polar surface area (TPSA) is 87.1 Å². The summed E-state index contributed by atoms with van der Waals surface area (Å²) in [4.78, 5) is 41.0. The largest absolute Gasteiger partial charge is 0.444 e. The zero-order chi connectivity index (χ0) is 30.8. The molecule has 40 heavy (non-hydrogen) atoms.